The minimum atomic E-state index is -0.645. The van der Waals surface area contributed by atoms with Crippen molar-refractivity contribution in [3.63, 3.8) is 0 Å². The van der Waals surface area contributed by atoms with E-state index in [1.807, 2.05) is 6.92 Å². The quantitative estimate of drug-likeness (QED) is 0.734. The lowest BCUT2D eigenvalue weighted by Gasteiger charge is -2.21. The van der Waals surface area contributed by atoms with Gasteiger partial charge in [0, 0.05) is 0 Å². The number of hydrogen-bond donors (Lipinski definition) is 1. The van der Waals surface area contributed by atoms with E-state index in [0.717, 1.165) is 18.8 Å². The second kappa shape index (κ2) is 6.05. The molecule has 0 aliphatic heterocycles. The Bertz CT molecular complexity index is 171. The third-order valence-corrected chi connectivity index (χ3v) is 3.40. The number of carbonyl (C=O) groups is 1. The minimum Gasteiger partial charge on any atom is -0.481 e. The van der Waals surface area contributed by atoms with E-state index in [-0.39, 0.29) is 5.92 Å². The molecule has 0 aromatic heterocycles. The first-order valence-corrected chi connectivity index (χ1v) is 5.93. The van der Waals surface area contributed by atoms with Gasteiger partial charge < -0.3 is 5.11 Å². The second-order valence-corrected chi connectivity index (χ2v) is 4.67. The Hall–Kier alpha value is -0.530. The third kappa shape index (κ3) is 4.12. The fourth-order valence-corrected chi connectivity index (χ4v) is 2.31. The largest absolute Gasteiger partial charge is 0.481 e. The maximum absolute atomic E-state index is 10.6. The maximum Gasteiger partial charge on any atom is 0.306 e. The Kier molecular flexibility index (Phi) is 4.99. The molecule has 1 aliphatic carbocycles. The molecule has 82 valence electrons. The molecule has 0 aromatic rings. The first-order chi connectivity index (χ1) is 6.70. The van der Waals surface area contributed by atoms with E-state index in [1.165, 1.54) is 38.5 Å². The van der Waals surface area contributed by atoms with Crippen LogP contribution < -0.4 is 0 Å². The molecule has 0 radical (unpaired) electrons. The topological polar surface area (TPSA) is 37.3 Å². The van der Waals surface area contributed by atoms with Crippen molar-refractivity contribution in [3.05, 3.63) is 0 Å². The molecule has 0 bridgehead atoms. The van der Waals surface area contributed by atoms with Gasteiger partial charge in [0.05, 0.1) is 5.92 Å². The van der Waals surface area contributed by atoms with Gasteiger partial charge in [0.2, 0.25) is 0 Å². The predicted molar refractivity (Wildman–Crippen MR) is 57.2 cm³/mol. The van der Waals surface area contributed by atoms with Crippen LogP contribution in [-0.4, -0.2) is 11.1 Å². The molecule has 1 rings (SSSR count). The van der Waals surface area contributed by atoms with Gasteiger partial charge in [-0.25, -0.2) is 0 Å². The summed E-state index contributed by atoms with van der Waals surface area (Å²) in [7, 11) is 0. The summed E-state index contributed by atoms with van der Waals surface area (Å²) in [6.45, 7) is 1.81. The van der Waals surface area contributed by atoms with Crippen LogP contribution in [0.2, 0.25) is 0 Å². The molecule has 1 N–H and O–H groups in total. The average Bonchev–Trinajstić information content (AvgIpc) is 2.19. The van der Waals surface area contributed by atoms with Gasteiger partial charge >= 0.3 is 5.97 Å². The van der Waals surface area contributed by atoms with Gasteiger partial charge in [-0.15, -0.1) is 0 Å². The zero-order valence-corrected chi connectivity index (χ0v) is 9.17. The number of hydrogen-bond acceptors (Lipinski definition) is 1. The van der Waals surface area contributed by atoms with E-state index in [4.69, 9.17) is 5.11 Å². The zero-order chi connectivity index (χ0) is 10.4. The Morgan fingerprint density at radius 2 is 2.00 bits per heavy atom. The summed E-state index contributed by atoms with van der Waals surface area (Å²) >= 11 is 0. The van der Waals surface area contributed by atoms with E-state index >= 15 is 0 Å². The molecule has 0 aromatic carbocycles. The van der Waals surface area contributed by atoms with Crippen LogP contribution in [0.5, 0.6) is 0 Å². The Morgan fingerprint density at radius 1 is 1.36 bits per heavy atom. The van der Waals surface area contributed by atoms with Crippen molar-refractivity contribution in [1.29, 1.82) is 0 Å². The molecule has 1 fully saturated rings. The molecule has 2 nitrogen and oxygen atoms in total. The van der Waals surface area contributed by atoms with Crippen LogP contribution in [0, 0.1) is 11.8 Å². The Balaban J connectivity index is 2.05. The molecule has 1 unspecified atom stereocenters. The second-order valence-electron chi connectivity index (χ2n) is 4.67. The molecule has 0 spiro atoms. The van der Waals surface area contributed by atoms with Crippen molar-refractivity contribution in [2.45, 2.75) is 58.3 Å². The van der Waals surface area contributed by atoms with Gasteiger partial charge in [0.15, 0.2) is 0 Å². The van der Waals surface area contributed by atoms with Crippen LogP contribution in [-0.2, 0) is 4.79 Å². The fourth-order valence-electron chi connectivity index (χ4n) is 2.31. The molecular formula is C12H22O2. The lowest BCUT2D eigenvalue weighted by molar-refractivity contribution is -0.141. The molecule has 1 aliphatic rings. The van der Waals surface area contributed by atoms with E-state index in [9.17, 15) is 4.79 Å². The minimum absolute atomic E-state index is 0.154. The summed E-state index contributed by atoms with van der Waals surface area (Å²) in [5.41, 5.74) is 0. The van der Waals surface area contributed by atoms with Crippen molar-refractivity contribution in [2.24, 2.45) is 11.8 Å². The smallest absolute Gasteiger partial charge is 0.306 e. The highest BCUT2D eigenvalue weighted by Crippen LogP contribution is 2.28. The van der Waals surface area contributed by atoms with E-state index < -0.39 is 5.97 Å². The number of carboxylic acids is 1. The highest BCUT2D eigenvalue weighted by molar-refractivity contribution is 5.69. The summed E-state index contributed by atoms with van der Waals surface area (Å²) in [5.74, 6) is 0.0944. The third-order valence-electron chi connectivity index (χ3n) is 3.40. The summed E-state index contributed by atoms with van der Waals surface area (Å²) in [4.78, 5) is 10.6. The number of carboxylic acid groups (broad SMARTS) is 1. The zero-order valence-electron chi connectivity index (χ0n) is 9.17. The summed E-state index contributed by atoms with van der Waals surface area (Å²) in [5, 5.41) is 8.72. The van der Waals surface area contributed by atoms with Crippen LogP contribution in [0.15, 0.2) is 0 Å². The Labute approximate surface area is 86.7 Å². The summed E-state index contributed by atoms with van der Waals surface area (Å²) in [6.07, 6.45) is 10.1. The highest BCUT2D eigenvalue weighted by atomic mass is 16.4. The van der Waals surface area contributed by atoms with Crippen molar-refractivity contribution in [3.8, 4) is 0 Å². The summed E-state index contributed by atoms with van der Waals surface area (Å²) < 4.78 is 0. The molecule has 14 heavy (non-hydrogen) atoms. The van der Waals surface area contributed by atoms with Gasteiger partial charge in [0.1, 0.15) is 0 Å². The van der Waals surface area contributed by atoms with Gasteiger partial charge in [-0.1, -0.05) is 51.9 Å². The SMILES string of the molecule is CC(CCCC1CCCCC1)C(=O)O. The molecule has 2 heteroatoms. The molecule has 1 saturated carbocycles. The lowest BCUT2D eigenvalue weighted by Crippen LogP contribution is -2.11. The van der Waals surface area contributed by atoms with Crippen molar-refractivity contribution >= 4 is 5.97 Å². The van der Waals surface area contributed by atoms with Crippen LogP contribution in [0.4, 0.5) is 0 Å². The van der Waals surface area contributed by atoms with Gasteiger partial charge in [-0.3, -0.25) is 4.79 Å². The number of rotatable bonds is 5. The number of aliphatic carboxylic acids is 1. The molecular weight excluding hydrogens is 176 g/mol. The molecule has 0 saturated heterocycles. The first kappa shape index (κ1) is 11.5. The highest BCUT2D eigenvalue weighted by Gasteiger charge is 2.15. The van der Waals surface area contributed by atoms with E-state index in [1.54, 1.807) is 0 Å². The summed E-state index contributed by atoms with van der Waals surface area (Å²) in [6, 6.07) is 0. The lowest BCUT2D eigenvalue weighted by atomic mass is 9.85. The Morgan fingerprint density at radius 3 is 2.57 bits per heavy atom. The van der Waals surface area contributed by atoms with Gasteiger partial charge in [-0.2, -0.15) is 0 Å². The standard InChI is InChI=1S/C12H22O2/c1-10(12(13)14)6-5-9-11-7-3-2-4-8-11/h10-11H,2-9H2,1H3,(H,13,14). The van der Waals surface area contributed by atoms with E-state index in [0.29, 0.717) is 0 Å². The van der Waals surface area contributed by atoms with E-state index in [2.05, 4.69) is 0 Å². The molecule has 0 heterocycles. The maximum atomic E-state index is 10.6. The fraction of sp³-hybridized carbons (Fsp3) is 0.917. The van der Waals surface area contributed by atoms with Gasteiger partial charge in [-0.05, 0) is 12.3 Å². The predicted octanol–water partition coefficient (Wildman–Crippen LogP) is 3.46. The van der Waals surface area contributed by atoms with Crippen LogP contribution >= 0.6 is 0 Å². The van der Waals surface area contributed by atoms with Crippen LogP contribution in [0.3, 0.4) is 0 Å². The van der Waals surface area contributed by atoms with Crippen molar-refractivity contribution < 1.29 is 9.90 Å². The average molecular weight is 198 g/mol. The first-order valence-electron chi connectivity index (χ1n) is 5.93. The van der Waals surface area contributed by atoms with Crippen LogP contribution in [0.1, 0.15) is 58.3 Å². The molecule has 1 atom stereocenters. The van der Waals surface area contributed by atoms with Gasteiger partial charge in [0.25, 0.3) is 0 Å². The van der Waals surface area contributed by atoms with Crippen molar-refractivity contribution in [1.82, 2.24) is 0 Å². The monoisotopic (exact) mass is 198 g/mol. The van der Waals surface area contributed by atoms with Crippen molar-refractivity contribution in [2.75, 3.05) is 0 Å². The normalized spacial score (nSPS) is 20.6. The van der Waals surface area contributed by atoms with Crippen LogP contribution in [0.25, 0.3) is 0 Å². The molecule has 0 amide bonds.